The van der Waals surface area contributed by atoms with Crippen LogP contribution in [0.4, 0.5) is 5.69 Å². The Morgan fingerprint density at radius 1 is 1.08 bits per heavy atom. The van der Waals surface area contributed by atoms with Gasteiger partial charge in [0.1, 0.15) is 11.5 Å². The SMILES string of the molecule is CCOc1cccc(NC(=S)NCc2cccc(OC(C)C)c2)c1. The highest BCUT2D eigenvalue weighted by molar-refractivity contribution is 7.80. The molecule has 4 nitrogen and oxygen atoms in total. The van der Waals surface area contributed by atoms with Gasteiger partial charge in [-0.2, -0.15) is 0 Å². The lowest BCUT2D eigenvalue weighted by atomic mass is 10.2. The summed E-state index contributed by atoms with van der Waals surface area (Å²) in [6, 6.07) is 15.7. The van der Waals surface area contributed by atoms with Crippen molar-refractivity contribution in [1.82, 2.24) is 5.32 Å². The molecule has 2 aromatic rings. The van der Waals surface area contributed by atoms with E-state index < -0.39 is 0 Å². The molecule has 2 N–H and O–H groups in total. The van der Waals surface area contributed by atoms with E-state index in [9.17, 15) is 0 Å². The Labute approximate surface area is 149 Å². The van der Waals surface area contributed by atoms with Crippen LogP contribution < -0.4 is 20.1 Å². The first kappa shape index (κ1) is 18.1. The molecule has 0 amide bonds. The van der Waals surface area contributed by atoms with Crippen LogP contribution in [0.2, 0.25) is 0 Å². The van der Waals surface area contributed by atoms with Gasteiger partial charge in [-0.15, -0.1) is 0 Å². The lowest BCUT2D eigenvalue weighted by molar-refractivity contribution is 0.242. The zero-order valence-corrected chi connectivity index (χ0v) is 15.2. The van der Waals surface area contributed by atoms with Gasteiger partial charge in [0.25, 0.3) is 0 Å². The number of rotatable bonds is 7. The largest absolute Gasteiger partial charge is 0.494 e. The average Bonchev–Trinajstić information content (AvgIpc) is 2.53. The lowest BCUT2D eigenvalue weighted by Crippen LogP contribution is -2.27. The summed E-state index contributed by atoms with van der Waals surface area (Å²) in [7, 11) is 0. The molecule has 0 aliphatic carbocycles. The highest BCUT2D eigenvalue weighted by Crippen LogP contribution is 2.17. The molecule has 0 spiro atoms. The van der Waals surface area contributed by atoms with Crippen molar-refractivity contribution in [2.45, 2.75) is 33.4 Å². The van der Waals surface area contributed by atoms with Crippen molar-refractivity contribution in [3.05, 3.63) is 54.1 Å². The Bertz CT molecular complexity index is 674. The molecule has 0 heterocycles. The van der Waals surface area contributed by atoms with Gasteiger partial charge < -0.3 is 20.1 Å². The van der Waals surface area contributed by atoms with E-state index in [1.807, 2.05) is 69.3 Å². The third kappa shape index (κ3) is 6.08. The summed E-state index contributed by atoms with van der Waals surface area (Å²) in [4.78, 5) is 0. The predicted octanol–water partition coefficient (Wildman–Crippen LogP) is 4.36. The fraction of sp³-hybridized carbons (Fsp3) is 0.316. The van der Waals surface area contributed by atoms with Gasteiger partial charge in [0, 0.05) is 18.3 Å². The molecular formula is C19H24N2O2S. The highest BCUT2D eigenvalue weighted by atomic mass is 32.1. The first-order valence-electron chi connectivity index (χ1n) is 8.10. The molecule has 0 saturated heterocycles. The van der Waals surface area contributed by atoms with Crippen molar-refractivity contribution < 1.29 is 9.47 Å². The van der Waals surface area contributed by atoms with E-state index in [4.69, 9.17) is 21.7 Å². The topological polar surface area (TPSA) is 42.5 Å². The molecule has 0 bridgehead atoms. The molecule has 0 atom stereocenters. The minimum Gasteiger partial charge on any atom is -0.494 e. The van der Waals surface area contributed by atoms with Gasteiger partial charge in [-0.3, -0.25) is 0 Å². The van der Waals surface area contributed by atoms with Crippen molar-refractivity contribution in [3.8, 4) is 11.5 Å². The van der Waals surface area contributed by atoms with Crippen LogP contribution in [0, 0.1) is 0 Å². The summed E-state index contributed by atoms with van der Waals surface area (Å²) in [5.41, 5.74) is 2.01. The second-order valence-electron chi connectivity index (χ2n) is 5.58. The molecule has 2 aromatic carbocycles. The molecule has 0 aromatic heterocycles. The second-order valence-corrected chi connectivity index (χ2v) is 5.99. The van der Waals surface area contributed by atoms with E-state index in [0.717, 1.165) is 22.7 Å². The van der Waals surface area contributed by atoms with Crippen LogP contribution >= 0.6 is 12.2 Å². The first-order valence-corrected chi connectivity index (χ1v) is 8.51. The predicted molar refractivity (Wildman–Crippen MR) is 103 cm³/mol. The molecule has 0 radical (unpaired) electrons. The zero-order valence-electron chi connectivity index (χ0n) is 14.3. The molecule has 0 unspecified atom stereocenters. The van der Waals surface area contributed by atoms with Crippen molar-refractivity contribution in [3.63, 3.8) is 0 Å². The fourth-order valence-electron chi connectivity index (χ4n) is 2.19. The Kier molecular flexibility index (Phi) is 6.88. The molecule has 0 aliphatic rings. The summed E-state index contributed by atoms with van der Waals surface area (Å²) in [5, 5.41) is 6.94. The van der Waals surface area contributed by atoms with E-state index in [-0.39, 0.29) is 6.10 Å². The van der Waals surface area contributed by atoms with E-state index >= 15 is 0 Å². The molecule has 0 saturated carbocycles. The van der Waals surface area contributed by atoms with E-state index in [0.29, 0.717) is 18.3 Å². The minimum atomic E-state index is 0.161. The van der Waals surface area contributed by atoms with Crippen molar-refractivity contribution in [2.75, 3.05) is 11.9 Å². The van der Waals surface area contributed by atoms with Gasteiger partial charge in [-0.1, -0.05) is 18.2 Å². The molecule has 2 rings (SSSR count). The van der Waals surface area contributed by atoms with Crippen LogP contribution in [-0.2, 0) is 6.54 Å². The van der Waals surface area contributed by atoms with E-state index in [1.165, 1.54) is 0 Å². The van der Waals surface area contributed by atoms with Crippen LogP contribution in [0.3, 0.4) is 0 Å². The molecule has 128 valence electrons. The van der Waals surface area contributed by atoms with E-state index in [1.54, 1.807) is 0 Å². The molecule has 0 fully saturated rings. The van der Waals surface area contributed by atoms with Crippen LogP contribution in [0.5, 0.6) is 11.5 Å². The minimum absolute atomic E-state index is 0.161. The first-order chi connectivity index (χ1) is 11.6. The van der Waals surface area contributed by atoms with Gasteiger partial charge in [0.05, 0.1) is 12.7 Å². The number of hydrogen-bond donors (Lipinski definition) is 2. The van der Waals surface area contributed by atoms with Gasteiger partial charge in [0.15, 0.2) is 5.11 Å². The Balaban J connectivity index is 1.88. The quantitative estimate of drug-likeness (QED) is 0.731. The molecule has 0 aliphatic heterocycles. The van der Waals surface area contributed by atoms with Gasteiger partial charge in [-0.05, 0) is 62.8 Å². The molecule has 24 heavy (non-hydrogen) atoms. The van der Waals surface area contributed by atoms with Gasteiger partial charge in [0.2, 0.25) is 0 Å². The Morgan fingerprint density at radius 3 is 2.58 bits per heavy atom. The van der Waals surface area contributed by atoms with Gasteiger partial charge >= 0.3 is 0 Å². The third-order valence-electron chi connectivity index (χ3n) is 3.13. The van der Waals surface area contributed by atoms with Crippen LogP contribution in [-0.4, -0.2) is 17.8 Å². The molecular weight excluding hydrogens is 320 g/mol. The van der Waals surface area contributed by atoms with Crippen molar-refractivity contribution in [1.29, 1.82) is 0 Å². The van der Waals surface area contributed by atoms with E-state index in [2.05, 4.69) is 10.6 Å². The maximum Gasteiger partial charge on any atom is 0.171 e. The standard InChI is InChI=1S/C19H24N2O2S/c1-4-22-17-9-6-8-16(12-17)21-19(24)20-13-15-7-5-10-18(11-15)23-14(2)3/h5-12,14H,4,13H2,1-3H3,(H2,20,21,24). The highest BCUT2D eigenvalue weighted by Gasteiger charge is 2.02. The van der Waals surface area contributed by atoms with Crippen molar-refractivity contribution in [2.24, 2.45) is 0 Å². The average molecular weight is 344 g/mol. The summed E-state index contributed by atoms with van der Waals surface area (Å²) in [6.07, 6.45) is 0.161. The number of anilines is 1. The third-order valence-corrected chi connectivity index (χ3v) is 3.37. The number of nitrogens with one attached hydrogen (secondary N) is 2. The monoisotopic (exact) mass is 344 g/mol. The summed E-state index contributed by atoms with van der Waals surface area (Å²) in [6.45, 7) is 7.26. The van der Waals surface area contributed by atoms with Gasteiger partial charge in [-0.25, -0.2) is 0 Å². The normalized spacial score (nSPS) is 10.3. The fourth-order valence-corrected chi connectivity index (χ4v) is 2.38. The maximum absolute atomic E-state index is 5.70. The van der Waals surface area contributed by atoms with Crippen LogP contribution in [0.15, 0.2) is 48.5 Å². The summed E-state index contributed by atoms with van der Waals surface area (Å²) in [5.74, 6) is 1.69. The summed E-state index contributed by atoms with van der Waals surface area (Å²) < 4.78 is 11.2. The van der Waals surface area contributed by atoms with Crippen LogP contribution in [0.1, 0.15) is 26.3 Å². The number of benzene rings is 2. The maximum atomic E-state index is 5.70. The lowest BCUT2D eigenvalue weighted by Gasteiger charge is -2.13. The number of ether oxygens (including phenoxy) is 2. The van der Waals surface area contributed by atoms with Crippen LogP contribution in [0.25, 0.3) is 0 Å². The molecule has 5 heteroatoms. The Hall–Kier alpha value is -2.27. The summed E-state index contributed by atoms with van der Waals surface area (Å²) >= 11 is 5.35. The van der Waals surface area contributed by atoms with Crippen molar-refractivity contribution >= 4 is 23.0 Å². The Morgan fingerprint density at radius 2 is 1.83 bits per heavy atom. The zero-order chi connectivity index (χ0) is 17.4. The second kappa shape index (κ2) is 9.13. The smallest absolute Gasteiger partial charge is 0.171 e. The number of hydrogen-bond acceptors (Lipinski definition) is 3. The number of thiocarbonyl (C=S) groups is 1.